The number of halogens is 2. The molecule has 2 atom stereocenters. The van der Waals surface area contributed by atoms with E-state index in [-0.39, 0.29) is 28.0 Å². The van der Waals surface area contributed by atoms with Crippen LogP contribution in [0.2, 0.25) is 10.0 Å². The van der Waals surface area contributed by atoms with E-state index in [1.165, 1.54) is 20.3 Å². The fourth-order valence-corrected chi connectivity index (χ4v) is 5.91. The molecular weight excluding hydrogens is 649 g/mol. The van der Waals surface area contributed by atoms with Crippen molar-refractivity contribution in [3.05, 3.63) is 65.1 Å². The van der Waals surface area contributed by atoms with Crippen LogP contribution in [-0.2, 0) is 31.5 Å². The van der Waals surface area contributed by atoms with Crippen molar-refractivity contribution >= 4 is 51.5 Å². The third kappa shape index (κ3) is 7.24. The summed E-state index contributed by atoms with van der Waals surface area (Å²) in [6, 6.07) is 4.98. The zero-order chi connectivity index (χ0) is 33.7. The molecule has 0 aliphatic carbocycles. The molecule has 4 heterocycles. The Morgan fingerprint density at radius 1 is 1.11 bits per heavy atom. The number of pyridine rings is 2. The van der Waals surface area contributed by atoms with Crippen LogP contribution in [0.3, 0.4) is 0 Å². The van der Waals surface area contributed by atoms with Gasteiger partial charge in [0.15, 0.2) is 0 Å². The third-order valence-electron chi connectivity index (χ3n) is 8.02. The topological polar surface area (TPSA) is 143 Å². The summed E-state index contributed by atoms with van der Waals surface area (Å²) in [4.78, 5) is 21.7. The fraction of sp³-hybridized carbons (Fsp3) is 0.375. The van der Waals surface area contributed by atoms with Gasteiger partial charge in [-0.25, -0.2) is 14.6 Å². The van der Waals surface area contributed by atoms with E-state index in [9.17, 15) is 4.79 Å². The van der Waals surface area contributed by atoms with Gasteiger partial charge in [0, 0.05) is 74.7 Å². The Kier molecular flexibility index (Phi) is 10.7. The van der Waals surface area contributed by atoms with E-state index >= 15 is 0 Å². The number of carbonyl (C=O) groups is 1. The minimum Gasteiger partial charge on any atom is -0.495 e. The van der Waals surface area contributed by atoms with Crippen molar-refractivity contribution < 1.29 is 28.5 Å². The van der Waals surface area contributed by atoms with Crippen LogP contribution < -0.4 is 25.4 Å². The highest BCUT2D eigenvalue weighted by Crippen LogP contribution is 2.46. The van der Waals surface area contributed by atoms with Crippen LogP contribution in [0.4, 0.5) is 11.6 Å². The molecule has 1 aliphatic heterocycles. The number of benzene rings is 1. The average Bonchev–Trinajstić information content (AvgIpc) is 3.58. The molecule has 1 fully saturated rings. The molecule has 250 valence electrons. The van der Waals surface area contributed by atoms with Crippen LogP contribution in [0, 0.1) is 0 Å². The Balaban J connectivity index is 1.56. The predicted octanol–water partition coefficient (Wildman–Crippen LogP) is 5.22. The maximum Gasteiger partial charge on any atom is 0.267 e. The van der Waals surface area contributed by atoms with Crippen LogP contribution in [0.5, 0.6) is 11.5 Å². The molecule has 1 aliphatic rings. The highest BCUT2D eigenvalue weighted by atomic mass is 35.5. The predicted molar refractivity (Wildman–Crippen MR) is 180 cm³/mol. The average molecular weight is 687 g/mol. The number of aromatic nitrogens is 4. The summed E-state index contributed by atoms with van der Waals surface area (Å²) in [5.74, 6) is 0.561. The second-order valence-electron chi connectivity index (χ2n) is 10.8. The van der Waals surface area contributed by atoms with Gasteiger partial charge in [-0.2, -0.15) is 5.10 Å². The Morgan fingerprint density at radius 2 is 1.83 bits per heavy atom. The van der Waals surface area contributed by atoms with Crippen molar-refractivity contribution in [2.45, 2.75) is 37.9 Å². The zero-order valence-corrected chi connectivity index (χ0v) is 28.2. The first-order chi connectivity index (χ1) is 22.6. The summed E-state index contributed by atoms with van der Waals surface area (Å²) in [5, 5.41) is 16.4. The smallest absolute Gasteiger partial charge is 0.267 e. The maximum atomic E-state index is 12.1. The van der Waals surface area contributed by atoms with Crippen molar-refractivity contribution in [2.24, 2.45) is 0 Å². The van der Waals surface area contributed by atoms with E-state index in [0.717, 1.165) is 16.3 Å². The SMILES string of the molecule is C=CC(=O)N[C@H]1CCOC[C@H]1Nc1cc2c(NCc3cnn(C(C)(OC)OC)c3)nc(-c3c(Cl)c(OC)cc(OC)c3Cl)cc2cn1. The van der Waals surface area contributed by atoms with Crippen LogP contribution >= 0.6 is 23.2 Å². The number of hydrogen-bond donors (Lipinski definition) is 3. The molecule has 13 nitrogen and oxygen atoms in total. The Morgan fingerprint density at radius 3 is 2.49 bits per heavy atom. The lowest BCUT2D eigenvalue weighted by Crippen LogP contribution is -2.52. The van der Waals surface area contributed by atoms with Gasteiger partial charge in [-0.05, 0) is 24.6 Å². The highest BCUT2D eigenvalue weighted by molar-refractivity contribution is 6.41. The largest absolute Gasteiger partial charge is 0.495 e. The van der Waals surface area contributed by atoms with Crippen LogP contribution in [0.25, 0.3) is 22.0 Å². The van der Waals surface area contributed by atoms with E-state index in [1.807, 2.05) is 18.3 Å². The number of carbonyl (C=O) groups excluding carboxylic acids is 1. The second kappa shape index (κ2) is 14.7. The number of nitrogens with one attached hydrogen (secondary N) is 3. The number of nitrogens with zero attached hydrogens (tertiary/aromatic N) is 4. The van der Waals surface area contributed by atoms with Crippen LogP contribution in [-0.4, -0.2) is 79.4 Å². The summed E-state index contributed by atoms with van der Waals surface area (Å²) in [5.41, 5.74) is 1.77. The molecule has 0 saturated carbocycles. The van der Waals surface area contributed by atoms with Gasteiger partial charge < -0.3 is 39.6 Å². The maximum absolute atomic E-state index is 12.1. The fourth-order valence-electron chi connectivity index (χ4n) is 5.21. The minimum absolute atomic E-state index is 0.168. The molecule has 4 aromatic rings. The van der Waals surface area contributed by atoms with E-state index in [1.54, 1.807) is 44.3 Å². The molecule has 0 bridgehead atoms. The minimum atomic E-state index is -1.07. The molecule has 47 heavy (non-hydrogen) atoms. The normalized spacial score (nSPS) is 16.5. The van der Waals surface area contributed by atoms with E-state index in [0.29, 0.717) is 60.6 Å². The number of amides is 1. The zero-order valence-electron chi connectivity index (χ0n) is 26.7. The highest BCUT2D eigenvalue weighted by Gasteiger charge is 2.28. The lowest BCUT2D eigenvalue weighted by Gasteiger charge is -2.32. The number of anilines is 2. The molecule has 0 radical (unpaired) electrons. The van der Waals surface area contributed by atoms with Crippen LogP contribution in [0.1, 0.15) is 18.9 Å². The standard InChI is InChI=1S/C32H37Cl2N7O6/c1-7-27(42)39-21-8-9-47-17-23(21)38-26-11-20-19(15-35-26)10-22(28-29(33)24(43-3)12-25(44-4)30(28)34)40-31(20)36-13-18-14-37-41(16-18)32(2,45-5)46-6/h7,10-12,14-16,21,23H,1,8-9,13,17H2,2-6H3,(H,35,38)(H,36,40)(H,39,42)/t21-,23+/m0/s1. The summed E-state index contributed by atoms with van der Waals surface area (Å²) in [7, 11) is 6.12. The molecule has 1 saturated heterocycles. The van der Waals surface area contributed by atoms with E-state index in [2.05, 4.69) is 32.6 Å². The van der Waals surface area contributed by atoms with Gasteiger partial charge in [0.25, 0.3) is 5.91 Å². The number of ether oxygens (including phenoxy) is 5. The molecule has 3 N–H and O–H groups in total. The monoisotopic (exact) mass is 685 g/mol. The Labute approximate surface area is 282 Å². The lowest BCUT2D eigenvalue weighted by atomic mass is 10.0. The van der Waals surface area contributed by atoms with Gasteiger partial charge in [-0.1, -0.05) is 29.8 Å². The molecule has 3 aromatic heterocycles. The van der Waals surface area contributed by atoms with Gasteiger partial charge in [-0.3, -0.25) is 4.79 Å². The van der Waals surface area contributed by atoms with Gasteiger partial charge in [0.1, 0.15) is 23.1 Å². The first kappa shape index (κ1) is 34.2. The van der Waals surface area contributed by atoms with Crippen molar-refractivity contribution in [3.63, 3.8) is 0 Å². The number of rotatable bonds is 13. The number of hydrogen-bond acceptors (Lipinski definition) is 11. The second-order valence-corrected chi connectivity index (χ2v) is 11.6. The molecule has 1 amide bonds. The summed E-state index contributed by atoms with van der Waals surface area (Å²) >= 11 is 13.6. The van der Waals surface area contributed by atoms with Crippen molar-refractivity contribution in [1.82, 2.24) is 25.1 Å². The molecule has 0 unspecified atom stereocenters. The Bertz CT molecular complexity index is 1740. The molecular formula is C32H37Cl2N7O6. The molecule has 1 aromatic carbocycles. The van der Waals surface area contributed by atoms with Crippen molar-refractivity contribution in [3.8, 4) is 22.8 Å². The number of methoxy groups -OCH3 is 4. The molecule has 15 heteroatoms. The summed E-state index contributed by atoms with van der Waals surface area (Å²) < 4.78 is 29.3. The van der Waals surface area contributed by atoms with Crippen LogP contribution in [0.15, 0.2) is 49.4 Å². The van der Waals surface area contributed by atoms with Crippen molar-refractivity contribution in [1.29, 1.82) is 0 Å². The van der Waals surface area contributed by atoms with E-state index in [4.69, 9.17) is 51.9 Å². The molecule has 5 rings (SSSR count). The third-order valence-corrected chi connectivity index (χ3v) is 8.77. The van der Waals surface area contributed by atoms with Gasteiger partial charge >= 0.3 is 0 Å². The van der Waals surface area contributed by atoms with Gasteiger partial charge in [-0.15, -0.1) is 0 Å². The quantitative estimate of drug-likeness (QED) is 0.126. The first-order valence-electron chi connectivity index (χ1n) is 14.7. The number of fused-ring (bicyclic) bond motifs is 1. The van der Waals surface area contributed by atoms with E-state index < -0.39 is 5.91 Å². The molecule has 0 spiro atoms. The lowest BCUT2D eigenvalue weighted by molar-refractivity contribution is -0.260. The van der Waals surface area contributed by atoms with Gasteiger partial charge in [0.2, 0.25) is 5.91 Å². The summed E-state index contributed by atoms with van der Waals surface area (Å²) in [6.07, 6.45) is 7.17. The Hall–Kier alpha value is -4.14. The van der Waals surface area contributed by atoms with Gasteiger partial charge in [0.05, 0.1) is 54.8 Å². The first-order valence-corrected chi connectivity index (χ1v) is 15.5. The van der Waals surface area contributed by atoms with Crippen molar-refractivity contribution in [2.75, 3.05) is 52.3 Å². The summed E-state index contributed by atoms with van der Waals surface area (Å²) in [6.45, 7) is 6.61.